The first-order chi connectivity index (χ1) is 8.49. The molecule has 0 saturated heterocycles. The molecule has 94 valence electrons. The van der Waals surface area contributed by atoms with Gasteiger partial charge in [0.15, 0.2) is 5.82 Å². The van der Waals surface area contributed by atoms with E-state index >= 15 is 0 Å². The van der Waals surface area contributed by atoms with Gasteiger partial charge in [-0.1, -0.05) is 28.1 Å². The molecule has 0 radical (unpaired) electrons. The number of aromatic amines is 1. The van der Waals surface area contributed by atoms with Gasteiger partial charge in [0.05, 0.1) is 0 Å². The molecule has 0 aliphatic carbocycles. The quantitative estimate of drug-likeness (QED) is 0.895. The number of aromatic hydroxyl groups is 1. The predicted molar refractivity (Wildman–Crippen MR) is 64.6 cm³/mol. The number of nitrogens with one attached hydrogen (secondary N) is 1. The Labute approximate surface area is 108 Å². The van der Waals surface area contributed by atoms with Crippen molar-refractivity contribution in [1.82, 2.24) is 9.97 Å². The van der Waals surface area contributed by atoms with Gasteiger partial charge < -0.3 is 10.1 Å². The number of benzene rings is 1. The van der Waals surface area contributed by atoms with E-state index in [1.807, 2.05) is 4.98 Å². The molecule has 2 rings (SSSR count). The number of halogens is 3. The fourth-order valence-electron chi connectivity index (χ4n) is 1.46. The first-order valence-corrected chi connectivity index (χ1v) is 5.65. The van der Waals surface area contributed by atoms with Crippen LogP contribution in [0.4, 0.5) is 8.78 Å². The maximum atomic E-state index is 12.4. The van der Waals surface area contributed by atoms with E-state index in [9.17, 15) is 18.7 Å². The Hall–Kier alpha value is -1.76. The highest BCUT2D eigenvalue weighted by Gasteiger charge is 2.17. The predicted octanol–water partition coefficient (Wildman–Crippen LogP) is 2.84. The highest BCUT2D eigenvalue weighted by molar-refractivity contribution is 9.10. The van der Waals surface area contributed by atoms with Gasteiger partial charge in [0.2, 0.25) is 5.88 Å². The molecule has 0 atom stereocenters. The zero-order chi connectivity index (χ0) is 13.3. The second kappa shape index (κ2) is 4.85. The van der Waals surface area contributed by atoms with E-state index in [0.29, 0.717) is 5.56 Å². The Morgan fingerprint density at radius 3 is 2.39 bits per heavy atom. The van der Waals surface area contributed by atoms with Crippen molar-refractivity contribution in [2.24, 2.45) is 0 Å². The SMILES string of the molecule is O=c1[nH]c(C(F)F)nc(O)c1-c1ccc(Br)cc1. The second-order valence-corrected chi connectivity index (χ2v) is 4.37. The highest BCUT2D eigenvalue weighted by Crippen LogP contribution is 2.26. The van der Waals surface area contributed by atoms with Gasteiger partial charge in [-0.05, 0) is 17.7 Å². The Balaban J connectivity index is 2.59. The first kappa shape index (κ1) is 12.7. The van der Waals surface area contributed by atoms with Crippen LogP contribution in [0.1, 0.15) is 12.2 Å². The minimum Gasteiger partial charge on any atom is -0.493 e. The molecule has 1 aromatic carbocycles. The third-order valence-electron chi connectivity index (χ3n) is 2.26. The summed E-state index contributed by atoms with van der Waals surface area (Å²) < 4.78 is 25.5. The summed E-state index contributed by atoms with van der Waals surface area (Å²) >= 11 is 3.22. The van der Waals surface area contributed by atoms with Gasteiger partial charge >= 0.3 is 0 Å². The van der Waals surface area contributed by atoms with Crippen LogP contribution in [-0.4, -0.2) is 15.1 Å². The number of H-pyrrole nitrogens is 1. The number of hydrogen-bond acceptors (Lipinski definition) is 3. The molecule has 4 nitrogen and oxygen atoms in total. The smallest absolute Gasteiger partial charge is 0.295 e. The van der Waals surface area contributed by atoms with Crippen molar-refractivity contribution >= 4 is 15.9 Å². The van der Waals surface area contributed by atoms with Gasteiger partial charge in [-0.15, -0.1) is 0 Å². The van der Waals surface area contributed by atoms with Gasteiger partial charge in [0.25, 0.3) is 12.0 Å². The number of aromatic nitrogens is 2. The van der Waals surface area contributed by atoms with Crippen molar-refractivity contribution in [1.29, 1.82) is 0 Å². The van der Waals surface area contributed by atoms with Crippen LogP contribution in [0.25, 0.3) is 11.1 Å². The molecule has 7 heteroatoms. The van der Waals surface area contributed by atoms with Crippen LogP contribution in [0, 0.1) is 0 Å². The standard InChI is InChI=1S/C11H7BrF2N2O2/c12-6-3-1-5(2-4-6)7-10(17)15-9(8(13)14)16-11(7)18/h1-4,8H,(H2,15,16,17,18). The molecule has 0 bridgehead atoms. The summed E-state index contributed by atoms with van der Waals surface area (Å²) in [5.74, 6) is -1.56. The van der Waals surface area contributed by atoms with Crippen LogP contribution in [0.3, 0.4) is 0 Å². The van der Waals surface area contributed by atoms with E-state index in [4.69, 9.17) is 0 Å². The lowest BCUT2D eigenvalue weighted by molar-refractivity contribution is 0.139. The van der Waals surface area contributed by atoms with Crippen molar-refractivity contribution in [3.8, 4) is 17.0 Å². The Bertz CT molecular complexity index is 626. The van der Waals surface area contributed by atoms with Crippen molar-refractivity contribution in [2.45, 2.75) is 6.43 Å². The lowest BCUT2D eigenvalue weighted by Crippen LogP contribution is -2.14. The molecule has 1 heterocycles. The lowest BCUT2D eigenvalue weighted by atomic mass is 10.1. The lowest BCUT2D eigenvalue weighted by Gasteiger charge is -2.05. The van der Waals surface area contributed by atoms with E-state index in [2.05, 4.69) is 20.9 Å². The topological polar surface area (TPSA) is 66.0 Å². The Morgan fingerprint density at radius 2 is 1.89 bits per heavy atom. The fourth-order valence-corrected chi connectivity index (χ4v) is 1.72. The average molecular weight is 317 g/mol. The van der Waals surface area contributed by atoms with Gasteiger partial charge in [-0.25, -0.2) is 8.78 Å². The van der Waals surface area contributed by atoms with Crippen LogP contribution in [0.5, 0.6) is 5.88 Å². The van der Waals surface area contributed by atoms with Gasteiger partial charge in [0, 0.05) is 4.47 Å². The molecular weight excluding hydrogens is 310 g/mol. The molecule has 0 aliphatic rings. The molecule has 0 amide bonds. The van der Waals surface area contributed by atoms with Crippen LogP contribution in [0.15, 0.2) is 33.5 Å². The van der Waals surface area contributed by atoms with Crippen LogP contribution in [-0.2, 0) is 0 Å². The van der Waals surface area contributed by atoms with E-state index < -0.39 is 23.7 Å². The summed E-state index contributed by atoms with van der Waals surface area (Å²) in [7, 11) is 0. The maximum absolute atomic E-state index is 12.4. The molecule has 0 spiro atoms. The number of hydrogen-bond donors (Lipinski definition) is 2. The second-order valence-electron chi connectivity index (χ2n) is 3.46. The highest BCUT2D eigenvalue weighted by atomic mass is 79.9. The largest absolute Gasteiger partial charge is 0.493 e. The van der Waals surface area contributed by atoms with Gasteiger partial charge in [0.1, 0.15) is 5.56 Å². The number of rotatable bonds is 2. The molecule has 0 saturated carbocycles. The summed E-state index contributed by atoms with van der Waals surface area (Å²) in [6, 6.07) is 6.46. The van der Waals surface area contributed by atoms with Gasteiger partial charge in [-0.3, -0.25) is 4.79 Å². The molecule has 0 unspecified atom stereocenters. The molecule has 0 fully saturated rings. The third-order valence-corrected chi connectivity index (χ3v) is 2.79. The van der Waals surface area contributed by atoms with Crippen molar-refractivity contribution in [3.63, 3.8) is 0 Å². The molecular formula is C11H7BrF2N2O2. The summed E-state index contributed by atoms with van der Waals surface area (Å²) in [6.45, 7) is 0. The molecule has 2 aromatic rings. The maximum Gasteiger partial charge on any atom is 0.295 e. The first-order valence-electron chi connectivity index (χ1n) is 4.86. The number of nitrogens with zero attached hydrogens (tertiary/aromatic N) is 1. The van der Waals surface area contributed by atoms with E-state index in [-0.39, 0.29) is 5.56 Å². The summed E-state index contributed by atoms with van der Waals surface area (Å²) in [6.07, 6.45) is -2.94. The van der Waals surface area contributed by atoms with Crippen molar-refractivity contribution in [3.05, 3.63) is 44.9 Å². The molecule has 18 heavy (non-hydrogen) atoms. The molecule has 1 aromatic heterocycles. The third kappa shape index (κ3) is 2.40. The fraction of sp³-hybridized carbons (Fsp3) is 0.0909. The zero-order valence-electron chi connectivity index (χ0n) is 8.82. The Kier molecular flexibility index (Phi) is 3.42. The van der Waals surface area contributed by atoms with E-state index in [1.165, 1.54) is 0 Å². The monoisotopic (exact) mass is 316 g/mol. The molecule has 2 N–H and O–H groups in total. The summed E-state index contributed by atoms with van der Waals surface area (Å²) in [5.41, 5.74) is -0.544. The average Bonchev–Trinajstić information content (AvgIpc) is 2.30. The van der Waals surface area contributed by atoms with Crippen molar-refractivity contribution < 1.29 is 13.9 Å². The summed E-state index contributed by atoms with van der Waals surface area (Å²) in [4.78, 5) is 16.9. The zero-order valence-corrected chi connectivity index (χ0v) is 10.4. The van der Waals surface area contributed by atoms with Crippen LogP contribution < -0.4 is 5.56 Å². The Morgan fingerprint density at radius 1 is 1.28 bits per heavy atom. The minimum atomic E-state index is -2.94. The van der Waals surface area contributed by atoms with E-state index in [1.54, 1.807) is 24.3 Å². The minimum absolute atomic E-state index is 0.132. The van der Waals surface area contributed by atoms with E-state index in [0.717, 1.165) is 4.47 Å². The van der Waals surface area contributed by atoms with Crippen LogP contribution >= 0.6 is 15.9 Å². The van der Waals surface area contributed by atoms with Crippen molar-refractivity contribution in [2.75, 3.05) is 0 Å². The normalized spacial score (nSPS) is 10.9. The van der Waals surface area contributed by atoms with Crippen LogP contribution in [0.2, 0.25) is 0 Å². The molecule has 0 aliphatic heterocycles. The summed E-state index contributed by atoms with van der Waals surface area (Å²) in [5, 5.41) is 9.57. The number of alkyl halides is 2. The van der Waals surface area contributed by atoms with Gasteiger partial charge in [-0.2, -0.15) is 4.98 Å².